The van der Waals surface area contributed by atoms with Crippen molar-refractivity contribution < 1.29 is 18.7 Å². The van der Waals surface area contributed by atoms with Crippen LogP contribution in [0.4, 0.5) is 10.1 Å². The maximum Gasteiger partial charge on any atom is 0.313 e. The van der Waals surface area contributed by atoms with E-state index in [1.165, 1.54) is 12.1 Å². The highest BCUT2D eigenvalue weighted by Crippen LogP contribution is 2.34. The Balaban J connectivity index is 1.69. The highest BCUT2D eigenvalue weighted by Gasteiger charge is 2.35. The molecule has 5 nitrogen and oxygen atoms in total. The third kappa shape index (κ3) is 4.51. The van der Waals surface area contributed by atoms with Gasteiger partial charge in [-0.25, -0.2) is 4.39 Å². The Bertz CT molecular complexity index is 864. The van der Waals surface area contributed by atoms with Gasteiger partial charge in [-0.05, 0) is 55.2 Å². The van der Waals surface area contributed by atoms with Crippen LogP contribution in [0.15, 0.2) is 42.5 Å². The topological polar surface area (TPSA) is 67.4 Å². The Morgan fingerprint density at radius 3 is 2.46 bits per heavy atom. The van der Waals surface area contributed by atoms with Gasteiger partial charge in [-0.2, -0.15) is 0 Å². The Hall–Kier alpha value is -2.44. The van der Waals surface area contributed by atoms with Crippen molar-refractivity contribution in [3.63, 3.8) is 0 Å². The lowest BCUT2D eigenvalue weighted by Crippen LogP contribution is -2.47. The van der Waals surface area contributed by atoms with Crippen molar-refractivity contribution in [1.29, 1.82) is 0 Å². The number of hydrogen-bond donors (Lipinski definition) is 2. The quantitative estimate of drug-likeness (QED) is 0.765. The predicted octanol–water partition coefficient (Wildman–Crippen LogP) is 3.59. The summed E-state index contributed by atoms with van der Waals surface area (Å²) in [6.07, 6.45) is 1.35. The summed E-state index contributed by atoms with van der Waals surface area (Å²) in [5, 5.41) is 5.83. The van der Waals surface area contributed by atoms with E-state index in [9.17, 15) is 14.0 Å². The van der Waals surface area contributed by atoms with Crippen LogP contribution < -0.4 is 10.6 Å². The molecule has 2 N–H and O–H groups in total. The number of halogens is 2. The average Bonchev–Trinajstić information content (AvgIpc) is 2.70. The van der Waals surface area contributed by atoms with Crippen LogP contribution in [-0.4, -0.2) is 31.6 Å². The van der Waals surface area contributed by atoms with Gasteiger partial charge in [-0.15, -0.1) is 0 Å². The molecule has 0 radical (unpaired) electrons. The Kier molecular flexibility index (Phi) is 6.31. The number of benzene rings is 2. The number of carbonyl (C=O) groups excluding carboxylic acids is 2. The molecule has 2 amide bonds. The van der Waals surface area contributed by atoms with Gasteiger partial charge in [0.25, 0.3) is 0 Å². The molecule has 1 saturated heterocycles. The van der Waals surface area contributed by atoms with Crippen LogP contribution in [0.2, 0.25) is 5.02 Å². The first-order valence-electron chi connectivity index (χ1n) is 9.09. The molecule has 0 unspecified atom stereocenters. The number of ether oxygens (including phenoxy) is 1. The number of carbonyl (C=O) groups is 2. The zero-order valence-corrected chi connectivity index (χ0v) is 16.3. The van der Waals surface area contributed by atoms with E-state index < -0.39 is 17.2 Å². The summed E-state index contributed by atoms with van der Waals surface area (Å²) in [6, 6.07) is 11.4. The van der Waals surface area contributed by atoms with Crippen LogP contribution in [0.5, 0.6) is 0 Å². The van der Waals surface area contributed by atoms with Gasteiger partial charge in [0.2, 0.25) is 0 Å². The molecule has 3 rings (SSSR count). The molecular formula is C21H22ClFN2O3. The molecule has 1 aliphatic rings. The predicted molar refractivity (Wildman–Crippen MR) is 106 cm³/mol. The molecule has 0 aliphatic carbocycles. The Morgan fingerprint density at radius 2 is 1.79 bits per heavy atom. The molecule has 28 heavy (non-hydrogen) atoms. The fourth-order valence-electron chi connectivity index (χ4n) is 3.38. The maximum atomic E-state index is 13.3. The van der Waals surface area contributed by atoms with E-state index in [4.69, 9.17) is 16.3 Å². The van der Waals surface area contributed by atoms with E-state index in [0.717, 1.165) is 5.56 Å². The minimum absolute atomic E-state index is 0.267. The van der Waals surface area contributed by atoms with Crippen molar-refractivity contribution in [3.05, 3.63) is 64.4 Å². The van der Waals surface area contributed by atoms with Gasteiger partial charge in [0.1, 0.15) is 5.82 Å². The number of nitrogens with one attached hydrogen (secondary N) is 2. The number of anilines is 1. The van der Waals surface area contributed by atoms with Crippen molar-refractivity contribution in [2.75, 3.05) is 25.1 Å². The monoisotopic (exact) mass is 404 g/mol. The van der Waals surface area contributed by atoms with E-state index in [-0.39, 0.29) is 12.4 Å². The van der Waals surface area contributed by atoms with Crippen LogP contribution in [-0.2, 0) is 19.7 Å². The summed E-state index contributed by atoms with van der Waals surface area (Å²) in [5.74, 6) is -1.80. The first-order valence-corrected chi connectivity index (χ1v) is 9.47. The van der Waals surface area contributed by atoms with E-state index in [0.29, 0.717) is 42.3 Å². The van der Waals surface area contributed by atoms with Crippen molar-refractivity contribution in [1.82, 2.24) is 5.32 Å². The standard InChI is InChI=1S/C21H22ClFN2O3/c1-14-17(22)3-2-4-18(14)25-20(27)19(26)24-13-21(9-11-28-12-10-21)15-5-7-16(23)8-6-15/h2-8H,9-13H2,1H3,(H,24,26)(H,25,27). The number of rotatable bonds is 4. The van der Waals surface area contributed by atoms with Gasteiger partial charge >= 0.3 is 11.8 Å². The van der Waals surface area contributed by atoms with Crippen LogP contribution in [0.1, 0.15) is 24.0 Å². The second-order valence-electron chi connectivity index (χ2n) is 6.95. The van der Waals surface area contributed by atoms with E-state index in [1.807, 2.05) is 0 Å². The second kappa shape index (κ2) is 8.71. The second-order valence-corrected chi connectivity index (χ2v) is 7.36. The summed E-state index contributed by atoms with van der Waals surface area (Å²) in [7, 11) is 0. The molecule has 1 fully saturated rings. The van der Waals surface area contributed by atoms with Crippen molar-refractivity contribution >= 4 is 29.1 Å². The maximum absolute atomic E-state index is 13.3. The van der Waals surface area contributed by atoms with Gasteiger partial charge in [0, 0.05) is 35.9 Å². The first kappa shape index (κ1) is 20.3. The Labute approximate surface area is 168 Å². The van der Waals surface area contributed by atoms with Crippen LogP contribution in [0, 0.1) is 12.7 Å². The highest BCUT2D eigenvalue weighted by molar-refractivity contribution is 6.40. The van der Waals surface area contributed by atoms with Gasteiger partial charge in [0.05, 0.1) is 0 Å². The molecule has 1 aliphatic heterocycles. The SMILES string of the molecule is Cc1c(Cl)cccc1NC(=O)C(=O)NCC1(c2ccc(F)cc2)CCOCC1. The fraction of sp³-hybridized carbons (Fsp3) is 0.333. The van der Waals surface area contributed by atoms with Crippen molar-refractivity contribution in [2.24, 2.45) is 0 Å². The normalized spacial score (nSPS) is 15.7. The molecule has 7 heteroatoms. The van der Waals surface area contributed by atoms with E-state index in [2.05, 4.69) is 10.6 Å². The van der Waals surface area contributed by atoms with E-state index in [1.54, 1.807) is 37.3 Å². The molecule has 148 valence electrons. The lowest BCUT2D eigenvalue weighted by molar-refractivity contribution is -0.136. The summed E-state index contributed by atoms with van der Waals surface area (Å²) in [6.45, 7) is 3.12. The number of amides is 2. The Morgan fingerprint density at radius 1 is 1.11 bits per heavy atom. The largest absolute Gasteiger partial charge is 0.381 e. The third-order valence-electron chi connectivity index (χ3n) is 5.22. The van der Waals surface area contributed by atoms with E-state index >= 15 is 0 Å². The summed E-state index contributed by atoms with van der Waals surface area (Å²) in [5.41, 5.74) is 1.71. The summed E-state index contributed by atoms with van der Waals surface area (Å²) >= 11 is 6.05. The summed E-state index contributed by atoms with van der Waals surface area (Å²) in [4.78, 5) is 24.7. The molecule has 0 atom stereocenters. The first-order chi connectivity index (χ1) is 13.4. The van der Waals surface area contributed by atoms with Crippen LogP contribution >= 0.6 is 11.6 Å². The summed E-state index contributed by atoms with van der Waals surface area (Å²) < 4.78 is 18.8. The fourth-order valence-corrected chi connectivity index (χ4v) is 3.56. The molecule has 0 saturated carbocycles. The zero-order valence-electron chi connectivity index (χ0n) is 15.6. The molecular weight excluding hydrogens is 383 g/mol. The molecule has 0 spiro atoms. The minimum Gasteiger partial charge on any atom is -0.381 e. The smallest absolute Gasteiger partial charge is 0.313 e. The zero-order chi connectivity index (χ0) is 20.1. The number of hydrogen-bond acceptors (Lipinski definition) is 3. The average molecular weight is 405 g/mol. The van der Waals surface area contributed by atoms with Gasteiger partial charge in [0.15, 0.2) is 0 Å². The lowest BCUT2D eigenvalue weighted by Gasteiger charge is -2.37. The molecule has 2 aromatic rings. The van der Waals surface area contributed by atoms with Crippen molar-refractivity contribution in [2.45, 2.75) is 25.2 Å². The molecule has 1 heterocycles. The van der Waals surface area contributed by atoms with Gasteiger partial charge in [-0.1, -0.05) is 29.8 Å². The van der Waals surface area contributed by atoms with Crippen LogP contribution in [0.25, 0.3) is 0 Å². The highest BCUT2D eigenvalue weighted by atomic mass is 35.5. The lowest BCUT2D eigenvalue weighted by atomic mass is 9.74. The molecule has 0 aromatic heterocycles. The molecule has 2 aromatic carbocycles. The molecule has 0 bridgehead atoms. The van der Waals surface area contributed by atoms with Crippen LogP contribution in [0.3, 0.4) is 0 Å². The van der Waals surface area contributed by atoms with Crippen molar-refractivity contribution in [3.8, 4) is 0 Å². The van der Waals surface area contributed by atoms with Gasteiger partial charge in [-0.3, -0.25) is 9.59 Å². The minimum atomic E-state index is -0.758. The third-order valence-corrected chi connectivity index (χ3v) is 5.63. The van der Waals surface area contributed by atoms with Gasteiger partial charge < -0.3 is 15.4 Å².